The van der Waals surface area contributed by atoms with Crippen LogP contribution >= 0.6 is 11.8 Å². The number of nitrogens with one attached hydrogen (secondary N) is 1. The van der Waals surface area contributed by atoms with Gasteiger partial charge in [-0.25, -0.2) is 0 Å². The number of ether oxygens (including phenoxy) is 2. The molecule has 0 radical (unpaired) electrons. The fourth-order valence-corrected chi connectivity index (χ4v) is 4.15. The molecule has 166 valence electrons. The molecule has 2 amide bonds. The zero-order valence-electron chi connectivity index (χ0n) is 18.1. The van der Waals surface area contributed by atoms with Crippen LogP contribution in [-0.4, -0.2) is 55.0 Å². The Morgan fingerprint density at radius 3 is 2.66 bits per heavy atom. The molecule has 0 spiro atoms. The van der Waals surface area contributed by atoms with Crippen molar-refractivity contribution in [3.05, 3.63) is 59.2 Å². The predicted octanol–water partition coefficient (Wildman–Crippen LogP) is 3.75. The topological polar surface area (TPSA) is 91.7 Å². The van der Waals surface area contributed by atoms with E-state index in [0.717, 1.165) is 35.7 Å². The molecule has 1 aliphatic heterocycles. The first-order valence-electron chi connectivity index (χ1n) is 10.2. The van der Waals surface area contributed by atoms with Crippen molar-refractivity contribution in [1.82, 2.24) is 4.90 Å². The Labute approximate surface area is 192 Å². The zero-order valence-corrected chi connectivity index (χ0v) is 18.9. The number of anilines is 1. The van der Waals surface area contributed by atoms with Crippen LogP contribution in [0.15, 0.2) is 42.5 Å². The minimum Gasteiger partial charge on any atom is -0.493 e. The number of methoxy groups -OCH3 is 1. The summed E-state index contributed by atoms with van der Waals surface area (Å²) in [6, 6.07) is 12.4. The molecular formula is C24H25N3O4S. The van der Waals surface area contributed by atoms with Gasteiger partial charge in [-0.15, -0.1) is 0 Å². The second-order valence-electron chi connectivity index (χ2n) is 7.11. The molecule has 1 heterocycles. The number of rotatable bonds is 7. The van der Waals surface area contributed by atoms with Crippen LogP contribution in [0.4, 0.5) is 5.69 Å². The van der Waals surface area contributed by atoms with E-state index in [1.807, 2.05) is 35.7 Å². The van der Waals surface area contributed by atoms with Gasteiger partial charge < -0.3 is 19.7 Å². The van der Waals surface area contributed by atoms with Crippen LogP contribution in [0.25, 0.3) is 6.08 Å². The third kappa shape index (κ3) is 6.05. The highest BCUT2D eigenvalue weighted by Crippen LogP contribution is 2.28. The second kappa shape index (κ2) is 11.3. The fraction of sp³-hybridized carbons (Fsp3) is 0.292. The van der Waals surface area contributed by atoms with Crippen LogP contribution < -0.4 is 14.8 Å². The van der Waals surface area contributed by atoms with Crippen LogP contribution in [0.2, 0.25) is 0 Å². The summed E-state index contributed by atoms with van der Waals surface area (Å²) >= 11 is 1.86. The number of aryl methyl sites for hydroxylation is 1. The van der Waals surface area contributed by atoms with E-state index < -0.39 is 0 Å². The van der Waals surface area contributed by atoms with Gasteiger partial charge >= 0.3 is 0 Å². The highest BCUT2D eigenvalue weighted by molar-refractivity contribution is 7.99. The normalized spacial score (nSPS) is 13.5. The van der Waals surface area contributed by atoms with E-state index in [9.17, 15) is 9.59 Å². The minimum absolute atomic E-state index is 0.0299. The molecule has 1 saturated heterocycles. The van der Waals surface area contributed by atoms with Crippen molar-refractivity contribution in [2.45, 2.75) is 6.92 Å². The molecule has 8 heteroatoms. The molecule has 3 rings (SSSR count). The van der Waals surface area contributed by atoms with Gasteiger partial charge in [0.25, 0.3) is 5.91 Å². The zero-order chi connectivity index (χ0) is 22.9. The van der Waals surface area contributed by atoms with E-state index in [0.29, 0.717) is 22.7 Å². The van der Waals surface area contributed by atoms with Gasteiger partial charge in [-0.05, 0) is 54.5 Å². The monoisotopic (exact) mass is 451 g/mol. The average molecular weight is 452 g/mol. The number of nitriles is 1. The third-order valence-electron chi connectivity index (χ3n) is 4.94. The average Bonchev–Trinajstić information content (AvgIpc) is 2.83. The first-order chi connectivity index (χ1) is 15.5. The van der Waals surface area contributed by atoms with Crippen molar-refractivity contribution in [2.24, 2.45) is 0 Å². The van der Waals surface area contributed by atoms with E-state index in [1.165, 1.54) is 13.2 Å². The first-order valence-corrected chi connectivity index (χ1v) is 11.3. The minimum atomic E-state index is -0.288. The molecule has 0 saturated carbocycles. The summed E-state index contributed by atoms with van der Waals surface area (Å²) in [5.74, 6) is 2.61. The number of hydrogen-bond acceptors (Lipinski definition) is 6. The quantitative estimate of drug-likeness (QED) is 0.645. The van der Waals surface area contributed by atoms with Crippen LogP contribution in [0, 0.1) is 18.3 Å². The summed E-state index contributed by atoms with van der Waals surface area (Å²) in [5, 5.41) is 11.5. The van der Waals surface area contributed by atoms with E-state index >= 15 is 0 Å². The molecule has 1 aliphatic rings. The Kier molecular flexibility index (Phi) is 8.17. The number of carbonyl (C=O) groups is 2. The summed E-state index contributed by atoms with van der Waals surface area (Å²) in [4.78, 5) is 26.9. The number of nitrogens with zero attached hydrogens (tertiary/aromatic N) is 2. The van der Waals surface area contributed by atoms with Crippen molar-refractivity contribution in [1.29, 1.82) is 5.26 Å². The Hall–Kier alpha value is -3.44. The van der Waals surface area contributed by atoms with E-state index in [1.54, 1.807) is 36.4 Å². The van der Waals surface area contributed by atoms with Gasteiger partial charge in [-0.1, -0.05) is 6.07 Å². The molecular weight excluding hydrogens is 426 g/mol. The highest BCUT2D eigenvalue weighted by atomic mass is 32.2. The van der Waals surface area contributed by atoms with Crippen LogP contribution in [-0.2, 0) is 4.79 Å². The van der Waals surface area contributed by atoms with Gasteiger partial charge in [0, 0.05) is 41.9 Å². The molecule has 0 unspecified atom stereocenters. The van der Waals surface area contributed by atoms with Crippen LogP contribution in [0.1, 0.15) is 21.5 Å². The van der Waals surface area contributed by atoms with Crippen molar-refractivity contribution in [3.63, 3.8) is 0 Å². The molecule has 0 bridgehead atoms. The molecule has 0 aromatic heterocycles. The summed E-state index contributed by atoms with van der Waals surface area (Å²) in [7, 11) is 1.51. The summed E-state index contributed by atoms with van der Waals surface area (Å²) in [6.45, 7) is 3.33. The number of carbonyl (C=O) groups excluding carboxylic acids is 2. The standard InChI is InChI=1S/C24H25N3O4S/c1-17-15-19(24(29)27-10-13-32-14-11-27)5-6-20(17)26-23(28)8-4-18-3-7-21(31-12-9-25)22(16-18)30-2/h3-8,15-16H,10-14H2,1-2H3,(H,26,28)/b8-4+. The Balaban J connectivity index is 1.63. The van der Waals surface area contributed by atoms with E-state index in [-0.39, 0.29) is 18.4 Å². The van der Waals surface area contributed by atoms with Gasteiger partial charge in [0.05, 0.1) is 7.11 Å². The van der Waals surface area contributed by atoms with Gasteiger partial charge in [0.15, 0.2) is 18.1 Å². The third-order valence-corrected chi connectivity index (χ3v) is 5.88. The summed E-state index contributed by atoms with van der Waals surface area (Å²) in [6.07, 6.45) is 3.09. The SMILES string of the molecule is COc1cc(/C=C/C(=O)Nc2ccc(C(=O)N3CCSCC3)cc2C)ccc1OCC#N. The lowest BCUT2D eigenvalue weighted by atomic mass is 10.1. The summed E-state index contributed by atoms with van der Waals surface area (Å²) in [5.41, 5.74) is 2.86. The predicted molar refractivity (Wildman–Crippen MR) is 126 cm³/mol. The molecule has 2 aromatic carbocycles. The summed E-state index contributed by atoms with van der Waals surface area (Å²) < 4.78 is 10.6. The van der Waals surface area contributed by atoms with Crippen molar-refractivity contribution in [3.8, 4) is 17.6 Å². The Morgan fingerprint density at radius 1 is 1.19 bits per heavy atom. The number of hydrogen-bond donors (Lipinski definition) is 1. The molecule has 2 aromatic rings. The lowest BCUT2D eigenvalue weighted by Gasteiger charge is -2.26. The van der Waals surface area contributed by atoms with Crippen molar-refractivity contribution < 1.29 is 19.1 Å². The Bertz CT molecular complexity index is 1060. The Morgan fingerprint density at radius 2 is 1.97 bits per heavy atom. The number of amides is 2. The van der Waals surface area contributed by atoms with Gasteiger partial charge in [0.1, 0.15) is 6.07 Å². The lowest BCUT2D eigenvalue weighted by molar-refractivity contribution is -0.111. The van der Waals surface area contributed by atoms with Gasteiger partial charge in [0.2, 0.25) is 5.91 Å². The van der Waals surface area contributed by atoms with Gasteiger partial charge in [-0.2, -0.15) is 17.0 Å². The molecule has 0 aliphatic carbocycles. The maximum atomic E-state index is 12.7. The largest absolute Gasteiger partial charge is 0.493 e. The maximum Gasteiger partial charge on any atom is 0.253 e. The fourth-order valence-electron chi connectivity index (χ4n) is 3.25. The molecule has 1 fully saturated rings. The van der Waals surface area contributed by atoms with E-state index in [4.69, 9.17) is 14.7 Å². The maximum absolute atomic E-state index is 12.7. The number of thioether (sulfide) groups is 1. The van der Waals surface area contributed by atoms with Crippen molar-refractivity contribution >= 4 is 35.3 Å². The molecule has 1 N–H and O–H groups in total. The first kappa shape index (κ1) is 23.2. The molecule has 7 nitrogen and oxygen atoms in total. The molecule has 32 heavy (non-hydrogen) atoms. The van der Waals surface area contributed by atoms with Crippen LogP contribution in [0.5, 0.6) is 11.5 Å². The lowest BCUT2D eigenvalue weighted by Crippen LogP contribution is -2.37. The smallest absolute Gasteiger partial charge is 0.253 e. The molecule has 0 atom stereocenters. The van der Waals surface area contributed by atoms with Crippen molar-refractivity contribution in [2.75, 3.05) is 43.6 Å². The highest BCUT2D eigenvalue weighted by Gasteiger charge is 2.19. The van der Waals surface area contributed by atoms with E-state index in [2.05, 4.69) is 5.32 Å². The van der Waals surface area contributed by atoms with Crippen LogP contribution in [0.3, 0.4) is 0 Å². The van der Waals surface area contributed by atoms with Gasteiger partial charge in [-0.3, -0.25) is 9.59 Å². The number of benzene rings is 2. The second-order valence-corrected chi connectivity index (χ2v) is 8.34.